The first-order valence-electron chi connectivity index (χ1n) is 11.3. The van der Waals surface area contributed by atoms with Crippen LogP contribution in [0.15, 0.2) is 47.3 Å². The molecule has 31 heavy (non-hydrogen) atoms. The van der Waals surface area contributed by atoms with Gasteiger partial charge in [0.2, 0.25) is 0 Å². The van der Waals surface area contributed by atoms with Crippen molar-refractivity contribution in [2.24, 2.45) is 14.1 Å². The molecular formula is C25H35N3O3. The van der Waals surface area contributed by atoms with Crippen molar-refractivity contribution in [2.75, 3.05) is 13.2 Å². The SMILES string of the molecule is CCCCCCCNCc1ccc(OC[C@H](O)c2ccc3c(c2)n(C)c(=O)n3C)cc1. The number of hydrogen-bond acceptors (Lipinski definition) is 4. The Morgan fingerprint density at radius 1 is 0.968 bits per heavy atom. The van der Waals surface area contributed by atoms with Crippen LogP contribution in [0.25, 0.3) is 11.0 Å². The van der Waals surface area contributed by atoms with Gasteiger partial charge < -0.3 is 15.2 Å². The van der Waals surface area contributed by atoms with Crippen molar-refractivity contribution in [3.8, 4) is 5.75 Å². The maximum absolute atomic E-state index is 12.1. The first-order valence-corrected chi connectivity index (χ1v) is 11.3. The zero-order valence-electron chi connectivity index (χ0n) is 18.9. The Hall–Kier alpha value is -2.57. The summed E-state index contributed by atoms with van der Waals surface area (Å²) in [6, 6.07) is 13.5. The predicted molar refractivity (Wildman–Crippen MR) is 126 cm³/mol. The number of nitrogens with one attached hydrogen (secondary N) is 1. The summed E-state index contributed by atoms with van der Waals surface area (Å²) in [5.41, 5.74) is 3.51. The molecule has 3 rings (SSSR count). The van der Waals surface area contributed by atoms with Crippen molar-refractivity contribution < 1.29 is 9.84 Å². The van der Waals surface area contributed by atoms with Gasteiger partial charge in [-0.15, -0.1) is 0 Å². The molecule has 2 aromatic carbocycles. The summed E-state index contributed by atoms with van der Waals surface area (Å²) in [4.78, 5) is 12.1. The number of hydrogen-bond donors (Lipinski definition) is 2. The van der Waals surface area contributed by atoms with Crippen molar-refractivity contribution in [3.63, 3.8) is 0 Å². The monoisotopic (exact) mass is 425 g/mol. The molecule has 1 aromatic heterocycles. The van der Waals surface area contributed by atoms with Gasteiger partial charge in [0.1, 0.15) is 18.5 Å². The summed E-state index contributed by atoms with van der Waals surface area (Å²) in [5.74, 6) is 0.732. The molecule has 0 aliphatic rings. The molecule has 0 fully saturated rings. The second-order valence-electron chi connectivity index (χ2n) is 8.21. The van der Waals surface area contributed by atoms with E-state index >= 15 is 0 Å². The summed E-state index contributed by atoms with van der Waals surface area (Å²) in [6.07, 6.45) is 5.69. The van der Waals surface area contributed by atoms with Crippen molar-refractivity contribution in [2.45, 2.75) is 51.7 Å². The van der Waals surface area contributed by atoms with Gasteiger partial charge in [-0.05, 0) is 48.4 Å². The van der Waals surface area contributed by atoms with E-state index in [1.807, 2.05) is 30.3 Å². The fourth-order valence-electron chi connectivity index (χ4n) is 3.79. The highest BCUT2D eigenvalue weighted by molar-refractivity contribution is 5.76. The van der Waals surface area contributed by atoms with Crippen LogP contribution in [0.4, 0.5) is 0 Å². The van der Waals surface area contributed by atoms with Gasteiger partial charge >= 0.3 is 5.69 Å². The minimum atomic E-state index is -0.770. The summed E-state index contributed by atoms with van der Waals surface area (Å²) >= 11 is 0. The Labute approximate surface area is 184 Å². The lowest BCUT2D eigenvalue weighted by atomic mass is 10.1. The number of imidazole rings is 1. The molecule has 0 bridgehead atoms. The fraction of sp³-hybridized carbons (Fsp3) is 0.480. The topological polar surface area (TPSA) is 68.4 Å². The molecule has 0 saturated heterocycles. The standard InChI is InChI=1S/C25H35N3O3/c1-4-5-6-7-8-15-26-17-19-9-12-21(13-10-19)31-18-24(29)20-11-14-22-23(16-20)28(3)25(30)27(22)2/h9-14,16,24,26,29H,4-8,15,17-18H2,1-3H3/t24-/m0/s1. The Bertz CT molecular complexity index is 1020. The van der Waals surface area contributed by atoms with E-state index in [4.69, 9.17) is 4.74 Å². The maximum atomic E-state index is 12.1. The number of ether oxygens (including phenoxy) is 1. The second kappa shape index (κ2) is 11.2. The van der Waals surface area contributed by atoms with E-state index in [1.54, 1.807) is 23.2 Å². The third-order valence-corrected chi connectivity index (χ3v) is 5.80. The summed E-state index contributed by atoms with van der Waals surface area (Å²) < 4.78 is 8.97. The largest absolute Gasteiger partial charge is 0.491 e. The first-order chi connectivity index (χ1) is 15.0. The average Bonchev–Trinajstić information content (AvgIpc) is 3.01. The van der Waals surface area contributed by atoms with Crippen LogP contribution in [-0.2, 0) is 20.6 Å². The predicted octanol–water partition coefficient (Wildman–Crippen LogP) is 4.05. The van der Waals surface area contributed by atoms with Crippen LogP contribution in [0, 0.1) is 0 Å². The van der Waals surface area contributed by atoms with E-state index < -0.39 is 6.10 Å². The third kappa shape index (κ3) is 5.99. The molecule has 0 radical (unpaired) electrons. The second-order valence-corrected chi connectivity index (χ2v) is 8.21. The smallest absolute Gasteiger partial charge is 0.328 e. The number of aliphatic hydroxyl groups excluding tert-OH is 1. The van der Waals surface area contributed by atoms with E-state index in [2.05, 4.69) is 24.4 Å². The lowest BCUT2D eigenvalue weighted by Crippen LogP contribution is -2.19. The first kappa shape index (κ1) is 23.1. The highest BCUT2D eigenvalue weighted by Crippen LogP contribution is 2.21. The van der Waals surface area contributed by atoms with Crippen LogP contribution in [0.5, 0.6) is 5.75 Å². The molecule has 168 valence electrons. The van der Waals surface area contributed by atoms with E-state index in [0.717, 1.165) is 35.4 Å². The highest BCUT2D eigenvalue weighted by atomic mass is 16.5. The Morgan fingerprint density at radius 2 is 1.68 bits per heavy atom. The van der Waals surface area contributed by atoms with Crippen LogP contribution >= 0.6 is 0 Å². The molecular weight excluding hydrogens is 390 g/mol. The van der Waals surface area contributed by atoms with Gasteiger partial charge in [-0.1, -0.05) is 50.8 Å². The number of aromatic nitrogens is 2. The molecule has 1 atom stereocenters. The van der Waals surface area contributed by atoms with E-state index in [0.29, 0.717) is 0 Å². The van der Waals surface area contributed by atoms with Crippen LogP contribution in [0.3, 0.4) is 0 Å². The molecule has 1 heterocycles. The normalized spacial score (nSPS) is 12.4. The van der Waals surface area contributed by atoms with Crippen molar-refractivity contribution in [1.82, 2.24) is 14.5 Å². The number of fused-ring (bicyclic) bond motifs is 1. The molecule has 0 spiro atoms. The number of nitrogens with zero attached hydrogens (tertiary/aromatic N) is 2. The quantitative estimate of drug-likeness (QED) is 0.430. The molecule has 0 aliphatic carbocycles. The summed E-state index contributed by atoms with van der Waals surface area (Å²) in [7, 11) is 3.48. The van der Waals surface area contributed by atoms with Gasteiger partial charge in [-0.25, -0.2) is 4.79 Å². The van der Waals surface area contributed by atoms with Crippen LogP contribution in [0.2, 0.25) is 0 Å². The highest BCUT2D eigenvalue weighted by Gasteiger charge is 2.13. The van der Waals surface area contributed by atoms with Gasteiger partial charge in [-0.2, -0.15) is 0 Å². The fourth-order valence-corrected chi connectivity index (χ4v) is 3.79. The molecule has 2 N–H and O–H groups in total. The number of aliphatic hydroxyl groups is 1. The van der Waals surface area contributed by atoms with E-state index in [-0.39, 0.29) is 12.3 Å². The Morgan fingerprint density at radius 3 is 2.42 bits per heavy atom. The van der Waals surface area contributed by atoms with Crippen LogP contribution in [-0.4, -0.2) is 27.4 Å². The number of rotatable bonds is 12. The van der Waals surface area contributed by atoms with Crippen LogP contribution < -0.4 is 15.7 Å². The Kier molecular flexibility index (Phi) is 8.32. The summed E-state index contributed by atoms with van der Waals surface area (Å²) in [5, 5.41) is 14.0. The average molecular weight is 426 g/mol. The lowest BCUT2D eigenvalue weighted by Gasteiger charge is -2.14. The van der Waals surface area contributed by atoms with Gasteiger partial charge in [0.05, 0.1) is 11.0 Å². The zero-order chi connectivity index (χ0) is 22.2. The molecule has 0 amide bonds. The van der Waals surface area contributed by atoms with Gasteiger partial charge in [0, 0.05) is 20.6 Å². The van der Waals surface area contributed by atoms with Crippen molar-refractivity contribution in [3.05, 3.63) is 64.1 Å². The molecule has 3 aromatic rings. The number of aryl methyl sites for hydroxylation is 2. The maximum Gasteiger partial charge on any atom is 0.328 e. The molecule has 6 nitrogen and oxygen atoms in total. The summed E-state index contributed by atoms with van der Waals surface area (Å²) in [6.45, 7) is 4.29. The van der Waals surface area contributed by atoms with Crippen molar-refractivity contribution in [1.29, 1.82) is 0 Å². The Balaban J connectivity index is 1.47. The molecule has 0 aliphatic heterocycles. The number of benzene rings is 2. The lowest BCUT2D eigenvalue weighted by molar-refractivity contribution is 0.108. The van der Waals surface area contributed by atoms with Gasteiger partial charge in [0.25, 0.3) is 0 Å². The molecule has 0 saturated carbocycles. The minimum absolute atomic E-state index is 0.0797. The minimum Gasteiger partial charge on any atom is -0.491 e. The van der Waals surface area contributed by atoms with Gasteiger partial charge in [-0.3, -0.25) is 9.13 Å². The zero-order valence-corrected chi connectivity index (χ0v) is 18.9. The number of unbranched alkanes of at least 4 members (excludes halogenated alkanes) is 4. The van der Waals surface area contributed by atoms with E-state index in [9.17, 15) is 9.90 Å². The third-order valence-electron chi connectivity index (χ3n) is 5.80. The molecule has 6 heteroatoms. The van der Waals surface area contributed by atoms with E-state index in [1.165, 1.54) is 37.7 Å². The molecule has 0 unspecified atom stereocenters. The van der Waals surface area contributed by atoms with Gasteiger partial charge in [0.15, 0.2) is 0 Å². The van der Waals surface area contributed by atoms with Crippen molar-refractivity contribution >= 4 is 11.0 Å². The van der Waals surface area contributed by atoms with Crippen LogP contribution in [0.1, 0.15) is 56.3 Å².